The zero-order chi connectivity index (χ0) is 14.5. The minimum atomic E-state index is -0.174. The molecule has 2 rings (SSSR count). The predicted molar refractivity (Wildman–Crippen MR) is 76.1 cm³/mol. The van der Waals surface area contributed by atoms with Crippen LogP contribution in [-0.2, 0) is 11.3 Å². The summed E-state index contributed by atoms with van der Waals surface area (Å²) in [5.74, 6) is 0.950. The van der Waals surface area contributed by atoms with Crippen LogP contribution < -0.4 is 5.32 Å². The number of nitrogens with one attached hydrogen (secondary N) is 1. The Morgan fingerprint density at radius 1 is 1.45 bits per heavy atom. The second kappa shape index (κ2) is 6.02. The number of hydrogen-bond acceptors (Lipinski definition) is 3. The van der Waals surface area contributed by atoms with E-state index < -0.39 is 0 Å². The summed E-state index contributed by atoms with van der Waals surface area (Å²) < 4.78 is 1.81. The number of nitriles is 1. The van der Waals surface area contributed by atoms with E-state index in [0.717, 1.165) is 5.82 Å². The Morgan fingerprint density at radius 2 is 2.20 bits per heavy atom. The van der Waals surface area contributed by atoms with Gasteiger partial charge in [-0.15, -0.1) is 0 Å². The highest BCUT2D eigenvalue weighted by Gasteiger charge is 2.11. The third-order valence-corrected chi connectivity index (χ3v) is 2.90. The number of anilines is 1. The Kier molecular flexibility index (Phi) is 4.16. The van der Waals surface area contributed by atoms with Gasteiger partial charge in [0, 0.05) is 18.3 Å². The van der Waals surface area contributed by atoms with Crippen LogP contribution in [0.5, 0.6) is 0 Å². The van der Waals surface area contributed by atoms with Gasteiger partial charge < -0.3 is 9.88 Å². The SMILES string of the molecule is CC(C)c1nccn1CC(=O)Nc1ccccc1C#N. The first-order chi connectivity index (χ1) is 9.61. The molecule has 1 N–H and O–H groups in total. The number of para-hydroxylation sites is 1. The first kappa shape index (κ1) is 13.8. The van der Waals surface area contributed by atoms with Crippen LogP contribution >= 0.6 is 0 Å². The fourth-order valence-corrected chi connectivity index (χ4v) is 1.99. The van der Waals surface area contributed by atoms with Crippen molar-refractivity contribution in [2.24, 2.45) is 0 Å². The van der Waals surface area contributed by atoms with Crippen molar-refractivity contribution in [2.45, 2.75) is 26.3 Å². The van der Waals surface area contributed by atoms with E-state index in [-0.39, 0.29) is 18.4 Å². The van der Waals surface area contributed by atoms with Crippen LogP contribution in [0.1, 0.15) is 31.2 Å². The minimum Gasteiger partial charge on any atom is -0.325 e. The van der Waals surface area contributed by atoms with Crippen molar-refractivity contribution < 1.29 is 4.79 Å². The number of hydrogen-bond donors (Lipinski definition) is 1. The standard InChI is InChI=1S/C15H16N4O/c1-11(2)15-17-7-8-19(15)10-14(20)18-13-6-4-3-5-12(13)9-16/h3-8,11H,10H2,1-2H3,(H,18,20). The van der Waals surface area contributed by atoms with Gasteiger partial charge in [-0.1, -0.05) is 26.0 Å². The highest BCUT2D eigenvalue weighted by Crippen LogP contribution is 2.15. The van der Waals surface area contributed by atoms with E-state index in [9.17, 15) is 4.79 Å². The van der Waals surface area contributed by atoms with Crippen molar-refractivity contribution in [1.29, 1.82) is 5.26 Å². The molecule has 1 aromatic heterocycles. The number of amides is 1. The van der Waals surface area contributed by atoms with Gasteiger partial charge in [-0.05, 0) is 12.1 Å². The molecule has 1 heterocycles. The van der Waals surface area contributed by atoms with Crippen molar-refractivity contribution in [2.75, 3.05) is 5.32 Å². The number of carbonyl (C=O) groups excluding carboxylic acids is 1. The molecular formula is C15H16N4O. The summed E-state index contributed by atoms with van der Waals surface area (Å²) in [6.45, 7) is 4.25. The van der Waals surface area contributed by atoms with Crippen LogP contribution in [0.4, 0.5) is 5.69 Å². The molecule has 20 heavy (non-hydrogen) atoms. The maximum absolute atomic E-state index is 12.1. The topological polar surface area (TPSA) is 70.7 Å². The summed E-state index contributed by atoms with van der Waals surface area (Å²) in [7, 11) is 0. The third-order valence-electron chi connectivity index (χ3n) is 2.90. The predicted octanol–water partition coefficient (Wildman–Crippen LogP) is 2.52. The van der Waals surface area contributed by atoms with E-state index in [4.69, 9.17) is 5.26 Å². The van der Waals surface area contributed by atoms with Crippen molar-refractivity contribution in [1.82, 2.24) is 9.55 Å². The molecule has 0 atom stereocenters. The number of nitrogens with zero attached hydrogens (tertiary/aromatic N) is 3. The Balaban J connectivity index is 2.10. The second-order valence-corrected chi connectivity index (χ2v) is 4.77. The summed E-state index contributed by atoms with van der Waals surface area (Å²) in [4.78, 5) is 16.3. The average molecular weight is 268 g/mol. The van der Waals surface area contributed by atoms with E-state index in [1.165, 1.54) is 0 Å². The van der Waals surface area contributed by atoms with Crippen LogP contribution in [-0.4, -0.2) is 15.5 Å². The lowest BCUT2D eigenvalue weighted by molar-refractivity contribution is -0.116. The molecule has 0 aliphatic rings. The van der Waals surface area contributed by atoms with Gasteiger partial charge in [0.05, 0.1) is 11.3 Å². The lowest BCUT2D eigenvalue weighted by atomic mass is 10.2. The quantitative estimate of drug-likeness (QED) is 0.926. The van der Waals surface area contributed by atoms with E-state index in [1.54, 1.807) is 36.7 Å². The number of imidazole rings is 1. The molecule has 0 radical (unpaired) electrons. The third kappa shape index (κ3) is 3.04. The summed E-state index contributed by atoms with van der Waals surface area (Å²) in [6.07, 6.45) is 3.47. The molecule has 0 aliphatic carbocycles. The normalized spacial score (nSPS) is 10.3. The van der Waals surface area contributed by atoms with Gasteiger partial charge in [-0.25, -0.2) is 4.98 Å². The first-order valence-electron chi connectivity index (χ1n) is 6.42. The van der Waals surface area contributed by atoms with E-state index >= 15 is 0 Å². The van der Waals surface area contributed by atoms with Crippen LogP contribution in [0, 0.1) is 11.3 Å². The summed E-state index contributed by atoms with van der Waals surface area (Å²) in [6, 6.07) is 8.99. The molecule has 5 heteroatoms. The Morgan fingerprint density at radius 3 is 2.90 bits per heavy atom. The molecule has 1 amide bonds. The lowest BCUT2D eigenvalue weighted by Crippen LogP contribution is -2.20. The van der Waals surface area contributed by atoms with Crippen LogP contribution in [0.15, 0.2) is 36.7 Å². The summed E-state index contributed by atoms with van der Waals surface area (Å²) in [5, 5.41) is 11.7. The Bertz CT molecular complexity index is 652. The van der Waals surface area contributed by atoms with E-state index in [0.29, 0.717) is 11.3 Å². The maximum Gasteiger partial charge on any atom is 0.244 e. The molecule has 0 spiro atoms. The van der Waals surface area contributed by atoms with Crippen molar-refractivity contribution in [3.05, 3.63) is 48.0 Å². The Labute approximate surface area is 117 Å². The molecular weight excluding hydrogens is 252 g/mol. The molecule has 0 saturated heterocycles. The van der Waals surface area contributed by atoms with Crippen molar-refractivity contribution in [3.63, 3.8) is 0 Å². The molecule has 2 aromatic rings. The van der Waals surface area contributed by atoms with Crippen LogP contribution in [0.2, 0.25) is 0 Å². The number of aromatic nitrogens is 2. The maximum atomic E-state index is 12.1. The fraction of sp³-hybridized carbons (Fsp3) is 0.267. The van der Waals surface area contributed by atoms with Crippen molar-refractivity contribution >= 4 is 11.6 Å². The van der Waals surface area contributed by atoms with E-state index in [1.807, 2.05) is 18.4 Å². The van der Waals surface area contributed by atoms with Gasteiger partial charge in [0.1, 0.15) is 18.4 Å². The van der Waals surface area contributed by atoms with Crippen LogP contribution in [0.25, 0.3) is 0 Å². The molecule has 0 fully saturated rings. The molecule has 0 aliphatic heterocycles. The molecule has 0 saturated carbocycles. The number of rotatable bonds is 4. The monoisotopic (exact) mass is 268 g/mol. The first-order valence-corrected chi connectivity index (χ1v) is 6.42. The second-order valence-electron chi connectivity index (χ2n) is 4.77. The molecule has 1 aromatic carbocycles. The molecule has 0 bridgehead atoms. The van der Waals surface area contributed by atoms with Crippen LogP contribution in [0.3, 0.4) is 0 Å². The number of benzene rings is 1. The van der Waals surface area contributed by atoms with Gasteiger partial charge in [-0.3, -0.25) is 4.79 Å². The summed E-state index contributed by atoms with van der Waals surface area (Å²) >= 11 is 0. The Hall–Kier alpha value is -2.61. The minimum absolute atomic E-state index is 0.174. The fourth-order valence-electron chi connectivity index (χ4n) is 1.99. The molecule has 5 nitrogen and oxygen atoms in total. The summed E-state index contributed by atoms with van der Waals surface area (Å²) in [5.41, 5.74) is 0.988. The highest BCUT2D eigenvalue weighted by atomic mass is 16.1. The van der Waals surface area contributed by atoms with E-state index in [2.05, 4.69) is 16.4 Å². The van der Waals surface area contributed by atoms with Gasteiger partial charge in [0.25, 0.3) is 0 Å². The zero-order valence-corrected chi connectivity index (χ0v) is 11.5. The molecule has 102 valence electrons. The lowest BCUT2D eigenvalue weighted by Gasteiger charge is -2.11. The largest absolute Gasteiger partial charge is 0.325 e. The van der Waals surface area contributed by atoms with Gasteiger partial charge >= 0.3 is 0 Å². The smallest absolute Gasteiger partial charge is 0.244 e. The zero-order valence-electron chi connectivity index (χ0n) is 11.5. The van der Waals surface area contributed by atoms with Gasteiger partial charge in [-0.2, -0.15) is 5.26 Å². The highest BCUT2D eigenvalue weighted by molar-refractivity contribution is 5.91. The average Bonchev–Trinajstić information content (AvgIpc) is 2.87. The van der Waals surface area contributed by atoms with Gasteiger partial charge in [0.2, 0.25) is 5.91 Å². The van der Waals surface area contributed by atoms with Crippen molar-refractivity contribution in [3.8, 4) is 6.07 Å². The van der Waals surface area contributed by atoms with Gasteiger partial charge in [0.15, 0.2) is 0 Å². The molecule has 0 unspecified atom stereocenters. The number of carbonyl (C=O) groups is 1.